The molecule has 0 unspecified atom stereocenters. The summed E-state index contributed by atoms with van der Waals surface area (Å²) in [6, 6.07) is 13.5. The maximum atomic E-state index is 9.36. The summed E-state index contributed by atoms with van der Waals surface area (Å²) >= 11 is 0. The molecular weight excluding hydrogens is 290 g/mol. The standard InChI is InChI=1S/C18H19N3O2/c1-21(2)12-20-16-7-5-13(9-15(16)11-19)14-6-8-17(22-3)18(10-14)23-4/h5-10,12H,1-4H3/b20-12-. The summed E-state index contributed by atoms with van der Waals surface area (Å²) in [6.45, 7) is 0. The van der Waals surface area contributed by atoms with Crippen LogP contribution in [0, 0.1) is 11.3 Å². The normalized spacial score (nSPS) is 10.4. The maximum absolute atomic E-state index is 9.36. The van der Waals surface area contributed by atoms with Crippen LogP contribution in [0.5, 0.6) is 11.5 Å². The van der Waals surface area contributed by atoms with Crippen LogP contribution in [-0.2, 0) is 0 Å². The van der Waals surface area contributed by atoms with Gasteiger partial charge in [-0.1, -0.05) is 12.1 Å². The van der Waals surface area contributed by atoms with Gasteiger partial charge in [0.1, 0.15) is 6.07 Å². The van der Waals surface area contributed by atoms with Gasteiger partial charge in [0.2, 0.25) is 0 Å². The predicted octanol–water partition coefficient (Wildman–Crippen LogP) is 3.46. The Morgan fingerprint density at radius 2 is 1.65 bits per heavy atom. The topological polar surface area (TPSA) is 57.8 Å². The van der Waals surface area contributed by atoms with Crippen LogP contribution < -0.4 is 9.47 Å². The summed E-state index contributed by atoms with van der Waals surface area (Å²) in [4.78, 5) is 6.13. The second-order valence-electron chi connectivity index (χ2n) is 5.12. The fourth-order valence-electron chi connectivity index (χ4n) is 2.11. The van der Waals surface area contributed by atoms with Crippen molar-refractivity contribution in [3.63, 3.8) is 0 Å². The minimum Gasteiger partial charge on any atom is -0.493 e. The number of nitrogens with zero attached hydrogens (tertiary/aromatic N) is 3. The van der Waals surface area contributed by atoms with E-state index in [2.05, 4.69) is 11.1 Å². The zero-order valence-corrected chi connectivity index (χ0v) is 13.7. The molecule has 0 saturated carbocycles. The average molecular weight is 309 g/mol. The van der Waals surface area contributed by atoms with E-state index in [1.54, 1.807) is 20.6 Å². The smallest absolute Gasteiger partial charge is 0.161 e. The lowest BCUT2D eigenvalue weighted by atomic mass is 10.0. The van der Waals surface area contributed by atoms with Gasteiger partial charge in [0.05, 0.1) is 31.8 Å². The van der Waals surface area contributed by atoms with E-state index in [9.17, 15) is 5.26 Å². The molecule has 118 valence electrons. The van der Waals surface area contributed by atoms with Crippen LogP contribution in [-0.4, -0.2) is 39.6 Å². The molecule has 0 radical (unpaired) electrons. The fraction of sp³-hybridized carbons (Fsp3) is 0.222. The molecule has 2 aromatic rings. The van der Waals surface area contributed by atoms with Crippen LogP contribution in [0.1, 0.15) is 5.56 Å². The minimum absolute atomic E-state index is 0.524. The molecule has 0 N–H and O–H groups in total. The first-order valence-electron chi connectivity index (χ1n) is 7.06. The summed E-state index contributed by atoms with van der Waals surface area (Å²) in [7, 11) is 6.96. The summed E-state index contributed by atoms with van der Waals surface area (Å²) in [5.74, 6) is 1.32. The lowest BCUT2D eigenvalue weighted by Gasteiger charge is -2.10. The van der Waals surface area contributed by atoms with Gasteiger partial charge in [0.15, 0.2) is 11.5 Å². The van der Waals surface area contributed by atoms with Gasteiger partial charge in [0.25, 0.3) is 0 Å². The Morgan fingerprint density at radius 1 is 1.00 bits per heavy atom. The van der Waals surface area contributed by atoms with Gasteiger partial charge >= 0.3 is 0 Å². The molecule has 0 saturated heterocycles. The zero-order chi connectivity index (χ0) is 16.8. The number of hydrogen-bond acceptors (Lipinski definition) is 4. The number of benzene rings is 2. The maximum Gasteiger partial charge on any atom is 0.161 e. The highest BCUT2D eigenvalue weighted by molar-refractivity contribution is 5.73. The van der Waals surface area contributed by atoms with Crippen molar-refractivity contribution in [1.82, 2.24) is 4.90 Å². The molecule has 0 amide bonds. The molecule has 5 heteroatoms. The predicted molar refractivity (Wildman–Crippen MR) is 91.5 cm³/mol. The molecule has 0 fully saturated rings. The van der Waals surface area contributed by atoms with Crippen LogP contribution in [0.15, 0.2) is 41.4 Å². The number of ether oxygens (including phenoxy) is 2. The van der Waals surface area contributed by atoms with Crippen LogP contribution in [0.3, 0.4) is 0 Å². The van der Waals surface area contributed by atoms with Crippen molar-refractivity contribution in [2.75, 3.05) is 28.3 Å². The molecule has 0 bridgehead atoms. The number of hydrogen-bond donors (Lipinski definition) is 0. The molecule has 0 aromatic heterocycles. The highest BCUT2D eigenvalue weighted by Gasteiger charge is 2.08. The molecule has 23 heavy (non-hydrogen) atoms. The first-order valence-corrected chi connectivity index (χ1v) is 7.06. The summed E-state index contributed by atoms with van der Waals surface area (Å²) < 4.78 is 10.6. The van der Waals surface area contributed by atoms with Gasteiger partial charge in [0, 0.05) is 14.1 Å². The molecule has 0 aliphatic heterocycles. The Balaban J connectivity index is 2.43. The Labute approximate surface area is 136 Å². The molecule has 5 nitrogen and oxygen atoms in total. The highest BCUT2D eigenvalue weighted by atomic mass is 16.5. The second-order valence-corrected chi connectivity index (χ2v) is 5.12. The summed E-state index contributed by atoms with van der Waals surface area (Å²) in [6.07, 6.45) is 1.67. The van der Waals surface area contributed by atoms with Crippen LogP contribution in [0.2, 0.25) is 0 Å². The highest BCUT2D eigenvalue weighted by Crippen LogP contribution is 2.33. The first kappa shape index (κ1) is 16.4. The van der Waals surface area contributed by atoms with Crippen molar-refractivity contribution >= 4 is 12.0 Å². The summed E-state index contributed by atoms with van der Waals surface area (Å²) in [5.41, 5.74) is 3.04. The monoisotopic (exact) mass is 309 g/mol. The minimum atomic E-state index is 0.524. The second kappa shape index (κ2) is 7.32. The van der Waals surface area contributed by atoms with E-state index in [-0.39, 0.29) is 0 Å². The van der Waals surface area contributed by atoms with E-state index in [1.807, 2.05) is 55.4 Å². The SMILES string of the molecule is COc1ccc(-c2ccc(/N=C\N(C)C)c(C#N)c2)cc1OC. The quantitative estimate of drug-likeness (QED) is 0.627. The molecule has 0 aliphatic rings. The van der Waals surface area contributed by atoms with Gasteiger partial charge in [-0.3, -0.25) is 0 Å². The molecule has 0 heterocycles. The molecule has 0 spiro atoms. The van der Waals surface area contributed by atoms with E-state index in [4.69, 9.17) is 9.47 Å². The molecular formula is C18H19N3O2. The molecule has 0 aliphatic carbocycles. The van der Waals surface area contributed by atoms with Gasteiger partial charge in [-0.2, -0.15) is 5.26 Å². The van der Waals surface area contributed by atoms with Crippen LogP contribution in [0.25, 0.3) is 11.1 Å². The van der Waals surface area contributed by atoms with Gasteiger partial charge in [-0.25, -0.2) is 4.99 Å². The van der Waals surface area contributed by atoms with Crippen molar-refractivity contribution in [1.29, 1.82) is 5.26 Å². The van der Waals surface area contributed by atoms with Crippen molar-refractivity contribution < 1.29 is 9.47 Å². The van der Waals surface area contributed by atoms with Crippen LogP contribution >= 0.6 is 0 Å². The van der Waals surface area contributed by atoms with Crippen molar-refractivity contribution in [3.05, 3.63) is 42.0 Å². The lowest BCUT2D eigenvalue weighted by Crippen LogP contribution is -2.07. The molecule has 0 atom stereocenters. The molecule has 2 aromatic carbocycles. The number of methoxy groups -OCH3 is 2. The van der Waals surface area contributed by atoms with E-state index < -0.39 is 0 Å². The van der Waals surface area contributed by atoms with Crippen molar-refractivity contribution in [2.24, 2.45) is 4.99 Å². The van der Waals surface area contributed by atoms with E-state index in [0.29, 0.717) is 22.7 Å². The Morgan fingerprint density at radius 3 is 2.26 bits per heavy atom. The van der Waals surface area contributed by atoms with Gasteiger partial charge < -0.3 is 14.4 Å². The van der Waals surface area contributed by atoms with E-state index in [0.717, 1.165) is 11.1 Å². The fourth-order valence-corrected chi connectivity index (χ4v) is 2.11. The third kappa shape index (κ3) is 3.80. The first-order chi connectivity index (χ1) is 11.1. The van der Waals surface area contributed by atoms with E-state index in [1.165, 1.54) is 0 Å². The number of nitriles is 1. The average Bonchev–Trinajstić information content (AvgIpc) is 2.59. The molecule has 2 rings (SSSR count). The number of aliphatic imine (C=N–C) groups is 1. The van der Waals surface area contributed by atoms with Crippen molar-refractivity contribution in [2.45, 2.75) is 0 Å². The summed E-state index contributed by atoms with van der Waals surface area (Å²) in [5, 5.41) is 9.36. The Bertz CT molecular complexity index is 761. The Kier molecular flexibility index (Phi) is 5.21. The van der Waals surface area contributed by atoms with Crippen LogP contribution in [0.4, 0.5) is 5.69 Å². The number of rotatable bonds is 5. The van der Waals surface area contributed by atoms with Crippen molar-refractivity contribution in [3.8, 4) is 28.7 Å². The third-order valence-electron chi connectivity index (χ3n) is 3.26. The third-order valence-corrected chi connectivity index (χ3v) is 3.26. The zero-order valence-electron chi connectivity index (χ0n) is 13.7. The van der Waals surface area contributed by atoms with Gasteiger partial charge in [-0.05, 0) is 35.4 Å². The van der Waals surface area contributed by atoms with E-state index >= 15 is 0 Å². The Hall–Kier alpha value is -3.00. The largest absolute Gasteiger partial charge is 0.493 e. The lowest BCUT2D eigenvalue weighted by molar-refractivity contribution is 0.355. The van der Waals surface area contributed by atoms with Gasteiger partial charge in [-0.15, -0.1) is 0 Å².